The van der Waals surface area contributed by atoms with Crippen LogP contribution in [-0.2, 0) is 9.53 Å². The summed E-state index contributed by atoms with van der Waals surface area (Å²) in [6.45, 7) is 14.7. The Morgan fingerprint density at radius 3 is 2.13 bits per heavy atom. The van der Waals surface area contributed by atoms with Crippen LogP contribution in [0.4, 0.5) is 18.0 Å². The summed E-state index contributed by atoms with van der Waals surface area (Å²) in [6, 6.07) is 9.29. The molecule has 0 bridgehead atoms. The van der Waals surface area contributed by atoms with E-state index in [0.29, 0.717) is 39.1 Å². The lowest BCUT2D eigenvalue weighted by Crippen LogP contribution is -2.60. The van der Waals surface area contributed by atoms with E-state index < -0.39 is 12.0 Å². The van der Waals surface area contributed by atoms with Crippen molar-refractivity contribution in [3.05, 3.63) is 58.3 Å². The van der Waals surface area contributed by atoms with Gasteiger partial charge in [-0.1, -0.05) is 32.9 Å². The normalized spacial score (nSPS) is 19.7. The molecule has 2 fully saturated rings. The minimum Gasteiger partial charge on any atom is -0.444 e. The van der Waals surface area contributed by atoms with Crippen molar-refractivity contribution in [1.29, 1.82) is 0 Å². The minimum atomic E-state index is -4.77. The Labute approximate surface area is 272 Å². The van der Waals surface area contributed by atoms with E-state index in [2.05, 4.69) is 51.3 Å². The smallest absolute Gasteiger partial charge is 0.444 e. The quantitative estimate of drug-likeness (QED) is 0.313. The largest absolute Gasteiger partial charge is 0.573 e. The number of halogens is 4. The standard InChI is InChI=1S/C33H44BrF3N4O4/c1-31(2,3)27-21-40(17-18-41(27)28(42)19-22-13-15-39(16-14-22)30(43)45-32(4,5)6)29(26-12-9-24(34)20-38-26)23-7-10-25(11-8-23)44-33(35,36)37/h7-12,20,22,27,29H,13-19,21H2,1-6H3/t27-,29?/m1/s1. The Morgan fingerprint density at radius 1 is 0.956 bits per heavy atom. The van der Waals surface area contributed by atoms with Crippen molar-refractivity contribution in [2.45, 2.75) is 84.9 Å². The van der Waals surface area contributed by atoms with Gasteiger partial charge in [-0.2, -0.15) is 0 Å². The zero-order valence-corrected chi connectivity index (χ0v) is 28.5. The maximum absolute atomic E-state index is 13.8. The van der Waals surface area contributed by atoms with Crippen LogP contribution in [0.25, 0.3) is 0 Å². The van der Waals surface area contributed by atoms with E-state index in [0.717, 1.165) is 28.6 Å². The first-order valence-electron chi connectivity index (χ1n) is 15.4. The molecule has 3 heterocycles. The molecule has 1 aromatic heterocycles. The highest BCUT2D eigenvalue weighted by Gasteiger charge is 2.41. The molecule has 2 aromatic rings. The topological polar surface area (TPSA) is 75.2 Å². The van der Waals surface area contributed by atoms with Gasteiger partial charge in [-0.3, -0.25) is 14.7 Å². The zero-order chi connectivity index (χ0) is 33.2. The first-order valence-corrected chi connectivity index (χ1v) is 16.2. The van der Waals surface area contributed by atoms with Crippen molar-refractivity contribution in [2.75, 3.05) is 32.7 Å². The molecule has 12 heteroatoms. The monoisotopic (exact) mass is 696 g/mol. The van der Waals surface area contributed by atoms with Gasteiger partial charge >= 0.3 is 12.5 Å². The Kier molecular flexibility index (Phi) is 10.8. The van der Waals surface area contributed by atoms with Gasteiger partial charge in [0.25, 0.3) is 0 Å². The van der Waals surface area contributed by atoms with Crippen molar-refractivity contribution in [3.8, 4) is 5.75 Å². The zero-order valence-electron chi connectivity index (χ0n) is 26.9. The molecule has 1 unspecified atom stereocenters. The van der Waals surface area contributed by atoms with Crippen LogP contribution < -0.4 is 4.74 Å². The molecule has 0 radical (unpaired) electrons. The molecule has 0 spiro atoms. The number of piperidine rings is 1. The fraction of sp³-hybridized carbons (Fsp3) is 0.606. The van der Waals surface area contributed by atoms with Crippen molar-refractivity contribution < 1.29 is 32.2 Å². The summed E-state index contributed by atoms with van der Waals surface area (Å²) in [7, 11) is 0. The van der Waals surface area contributed by atoms with Crippen LogP contribution in [0.15, 0.2) is 47.1 Å². The summed E-state index contributed by atoms with van der Waals surface area (Å²) in [4.78, 5) is 36.9. The highest BCUT2D eigenvalue weighted by molar-refractivity contribution is 9.10. The number of amides is 2. The average Bonchev–Trinajstić information content (AvgIpc) is 2.93. The SMILES string of the molecule is CC(C)(C)OC(=O)N1CCC(CC(=O)N2CCN(C(c3ccc(OC(F)(F)F)cc3)c3ccc(Br)cn3)C[C@@H]2C(C)(C)C)CC1. The molecule has 0 aliphatic carbocycles. The van der Waals surface area contributed by atoms with E-state index in [9.17, 15) is 22.8 Å². The van der Waals surface area contributed by atoms with Gasteiger partial charge in [-0.25, -0.2) is 4.79 Å². The van der Waals surface area contributed by atoms with Gasteiger partial charge in [0.05, 0.1) is 11.7 Å². The van der Waals surface area contributed by atoms with Crippen LogP contribution in [0.2, 0.25) is 0 Å². The van der Waals surface area contributed by atoms with Crippen LogP contribution in [-0.4, -0.2) is 82.4 Å². The second-order valence-corrected chi connectivity index (χ2v) is 14.9. The van der Waals surface area contributed by atoms with Gasteiger partial charge in [0.1, 0.15) is 11.4 Å². The third-order valence-corrected chi connectivity index (χ3v) is 8.76. The average molecular weight is 698 g/mol. The second-order valence-electron chi connectivity index (χ2n) is 14.0. The summed E-state index contributed by atoms with van der Waals surface area (Å²) in [5.41, 5.74) is 0.748. The maximum Gasteiger partial charge on any atom is 0.573 e. The molecule has 248 valence electrons. The molecular formula is C33H44BrF3N4O4. The van der Waals surface area contributed by atoms with Crippen LogP contribution in [0.5, 0.6) is 5.75 Å². The van der Waals surface area contributed by atoms with Gasteiger partial charge in [0.15, 0.2) is 0 Å². The third-order valence-electron chi connectivity index (χ3n) is 8.29. The van der Waals surface area contributed by atoms with E-state index in [1.807, 2.05) is 37.8 Å². The molecule has 2 saturated heterocycles. The molecule has 2 amide bonds. The number of carbonyl (C=O) groups is 2. The predicted molar refractivity (Wildman–Crippen MR) is 169 cm³/mol. The molecule has 8 nitrogen and oxygen atoms in total. The first-order chi connectivity index (χ1) is 20.9. The summed E-state index contributed by atoms with van der Waals surface area (Å²) in [5, 5.41) is 0. The fourth-order valence-corrected chi connectivity index (χ4v) is 6.29. The van der Waals surface area contributed by atoms with Gasteiger partial charge in [-0.15, -0.1) is 13.2 Å². The lowest BCUT2D eigenvalue weighted by molar-refractivity contribution is -0.274. The lowest BCUT2D eigenvalue weighted by Gasteiger charge is -2.49. The predicted octanol–water partition coefficient (Wildman–Crippen LogP) is 7.43. The number of carbonyl (C=O) groups excluding carboxylic acids is 2. The number of aromatic nitrogens is 1. The van der Waals surface area contributed by atoms with Crippen molar-refractivity contribution in [3.63, 3.8) is 0 Å². The Hall–Kier alpha value is -2.86. The van der Waals surface area contributed by atoms with E-state index in [-0.39, 0.29) is 41.2 Å². The summed E-state index contributed by atoms with van der Waals surface area (Å²) in [5.74, 6) is 0.0120. The van der Waals surface area contributed by atoms with Gasteiger partial charge in [0, 0.05) is 55.9 Å². The van der Waals surface area contributed by atoms with Crippen molar-refractivity contribution in [2.24, 2.45) is 11.3 Å². The summed E-state index contributed by atoms with van der Waals surface area (Å²) >= 11 is 3.44. The molecule has 4 rings (SSSR count). The van der Waals surface area contributed by atoms with Crippen LogP contribution in [0.1, 0.15) is 78.1 Å². The van der Waals surface area contributed by atoms with Crippen LogP contribution in [0.3, 0.4) is 0 Å². The van der Waals surface area contributed by atoms with E-state index >= 15 is 0 Å². The number of nitrogens with zero attached hydrogens (tertiary/aromatic N) is 4. The van der Waals surface area contributed by atoms with E-state index in [1.165, 1.54) is 12.1 Å². The lowest BCUT2D eigenvalue weighted by atomic mass is 9.82. The molecular weight excluding hydrogens is 653 g/mol. The number of benzene rings is 1. The van der Waals surface area contributed by atoms with E-state index in [1.54, 1.807) is 23.2 Å². The number of hydrogen-bond donors (Lipinski definition) is 0. The maximum atomic E-state index is 13.8. The molecule has 1 aromatic carbocycles. The number of rotatable bonds is 6. The Balaban J connectivity index is 1.48. The van der Waals surface area contributed by atoms with Crippen molar-refractivity contribution in [1.82, 2.24) is 19.7 Å². The molecule has 45 heavy (non-hydrogen) atoms. The van der Waals surface area contributed by atoms with Crippen LogP contribution in [0, 0.1) is 11.3 Å². The van der Waals surface area contributed by atoms with E-state index in [4.69, 9.17) is 4.74 Å². The van der Waals surface area contributed by atoms with Gasteiger partial charge in [0.2, 0.25) is 5.91 Å². The minimum absolute atomic E-state index is 0.105. The summed E-state index contributed by atoms with van der Waals surface area (Å²) < 4.78 is 48.8. The van der Waals surface area contributed by atoms with Crippen LogP contribution >= 0.6 is 15.9 Å². The number of pyridine rings is 1. The summed E-state index contributed by atoms with van der Waals surface area (Å²) in [6.07, 6.45) is -1.46. The number of likely N-dealkylation sites (tertiary alicyclic amines) is 1. The fourth-order valence-electron chi connectivity index (χ4n) is 6.06. The molecule has 2 aliphatic rings. The highest BCUT2D eigenvalue weighted by atomic mass is 79.9. The van der Waals surface area contributed by atoms with Gasteiger partial charge in [-0.05, 0) is 90.7 Å². The second kappa shape index (κ2) is 13.9. The van der Waals surface area contributed by atoms with Crippen molar-refractivity contribution >= 4 is 27.9 Å². The van der Waals surface area contributed by atoms with Gasteiger partial charge < -0.3 is 19.3 Å². The molecule has 2 aliphatic heterocycles. The Morgan fingerprint density at radius 2 is 1.60 bits per heavy atom. The number of ether oxygens (including phenoxy) is 2. The first kappa shape index (κ1) is 35.0. The number of alkyl halides is 3. The number of hydrogen-bond acceptors (Lipinski definition) is 6. The molecule has 0 saturated carbocycles. The number of piperazine rings is 1. The third kappa shape index (κ3) is 9.81. The highest BCUT2D eigenvalue weighted by Crippen LogP contribution is 2.36. The molecule has 0 N–H and O–H groups in total. The Bertz CT molecular complexity index is 1300. The molecule has 2 atom stereocenters.